The molecule has 3 aromatic carbocycles. The molecule has 0 bridgehead atoms. The Kier molecular flexibility index (Phi) is 4.41. The van der Waals surface area contributed by atoms with Gasteiger partial charge in [0.05, 0.1) is 6.04 Å². The molecule has 1 aromatic heterocycles. The Morgan fingerprint density at radius 1 is 0.931 bits per heavy atom. The van der Waals surface area contributed by atoms with E-state index in [1.807, 2.05) is 84.1 Å². The summed E-state index contributed by atoms with van der Waals surface area (Å²) in [5.41, 5.74) is 4.10. The van der Waals surface area contributed by atoms with Gasteiger partial charge in [-0.2, -0.15) is 0 Å². The Morgan fingerprint density at radius 2 is 1.62 bits per heavy atom. The molecule has 1 aliphatic rings. The van der Waals surface area contributed by atoms with Gasteiger partial charge in [-0.3, -0.25) is 4.79 Å². The fourth-order valence-corrected chi connectivity index (χ4v) is 4.03. The number of para-hydroxylation sites is 1. The van der Waals surface area contributed by atoms with Gasteiger partial charge < -0.3 is 5.32 Å². The Bertz CT molecular complexity index is 1140. The van der Waals surface area contributed by atoms with Crippen LogP contribution in [0.3, 0.4) is 0 Å². The van der Waals surface area contributed by atoms with Crippen LogP contribution in [0.2, 0.25) is 0 Å². The van der Waals surface area contributed by atoms with Crippen molar-refractivity contribution in [3.8, 4) is 5.69 Å². The highest BCUT2D eigenvalue weighted by Crippen LogP contribution is 2.36. The van der Waals surface area contributed by atoms with E-state index >= 15 is 0 Å². The first kappa shape index (κ1) is 17.4. The second-order valence-corrected chi connectivity index (χ2v) is 7.26. The predicted octanol–water partition coefficient (Wildman–Crippen LogP) is 3.43. The van der Waals surface area contributed by atoms with E-state index in [9.17, 15) is 4.79 Å². The standard InChI is InChI=1S/C24H20N4O/c29-24(18-9-3-1-4-10-18)26-23-21-14-8-7-11-19(21)15-22(23)27-16-25-28(17-27)20-12-5-2-6-13-20/h1-14,16-17,22-23H,15H2/p+1/t22-,23-/m0/s1. The topological polar surface area (TPSA) is 50.8 Å². The molecule has 1 heterocycles. The van der Waals surface area contributed by atoms with E-state index in [1.165, 1.54) is 11.1 Å². The van der Waals surface area contributed by atoms with Crippen molar-refractivity contribution in [2.24, 2.45) is 0 Å². The Balaban J connectivity index is 1.47. The van der Waals surface area contributed by atoms with Gasteiger partial charge in [-0.05, 0) is 35.4 Å². The third-order valence-corrected chi connectivity index (χ3v) is 5.48. The van der Waals surface area contributed by atoms with Gasteiger partial charge in [0.2, 0.25) is 6.33 Å². The molecule has 0 unspecified atom stereocenters. The molecular weight excluding hydrogens is 360 g/mol. The minimum absolute atomic E-state index is 0.0617. The molecule has 1 N–H and O–H groups in total. The van der Waals surface area contributed by atoms with Gasteiger partial charge >= 0.3 is 0 Å². The van der Waals surface area contributed by atoms with Gasteiger partial charge in [0, 0.05) is 17.1 Å². The van der Waals surface area contributed by atoms with Crippen LogP contribution in [0.15, 0.2) is 97.6 Å². The van der Waals surface area contributed by atoms with Gasteiger partial charge in [-0.1, -0.05) is 65.3 Å². The van der Waals surface area contributed by atoms with Gasteiger partial charge in [-0.15, -0.1) is 0 Å². The van der Waals surface area contributed by atoms with Crippen molar-refractivity contribution in [3.63, 3.8) is 0 Å². The van der Waals surface area contributed by atoms with Crippen molar-refractivity contribution >= 4 is 5.91 Å². The predicted molar refractivity (Wildman–Crippen MR) is 110 cm³/mol. The first-order valence-corrected chi connectivity index (χ1v) is 9.74. The minimum Gasteiger partial charge on any atom is -0.342 e. The Labute approximate surface area is 169 Å². The molecule has 5 nitrogen and oxygen atoms in total. The maximum absolute atomic E-state index is 12.9. The van der Waals surface area contributed by atoms with Crippen LogP contribution in [0, 0.1) is 0 Å². The van der Waals surface area contributed by atoms with Crippen LogP contribution in [0.4, 0.5) is 0 Å². The number of benzene rings is 3. The number of rotatable bonds is 4. The maximum Gasteiger partial charge on any atom is 0.265 e. The number of nitrogens with one attached hydrogen (secondary N) is 1. The van der Waals surface area contributed by atoms with E-state index in [-0.39, 0.29) is 18.0 Å². The van der Waals surface area contributed by atoms with Crippen LogP contribution in [-0.4, -0.2) is 15.7 Å². The quantitative estimate of drug-likeness (QED) is 0.551. The number of nitrogens with zero attached hydrogens (tertiary/aromatic N) is 3. The molecule has 0 saturated carbocycles. The number of aromatic nitrogens is 3. The lowest BCUT2D eigenvalue weighted by atomic mass is 10.1. The van der Waals surface area contributed by atoms with Crippen molar-refractivity contribution < 1.29 is 9.36 Å². The smallest absolute Gasteiger partial charge is 0.265 e. The summed E-state index contributed by atoms with van der Waals surface area (Å²) in [6.07, 6.45) is 4.68. The van der Waals surface area contributed by atoms with E-state index < -0.39 is 0 Å². The summed E-state index contributed by atoms with van der Waals surface area (Å²) < 4.78 is 3.96. The molecule has 5 heteroatoms. The molecule has 2 atom stereocenters. The molecule has 1 aliphatic carbocycles. The largest absolute Gasteiger partial charge is 0.342 e. The summed E-state index contributed by atoms with van der Waals surface area (Å²) in [4.78, 5) is 12.9. The fraction of sp³-hybridized carbons (Fsp3) is 0.125. The monoisotopic (exact) mass is 381 g/mol. The number of carbonyl (C=O) groups is 1. The molecule has 142 valence electrons. The zero-order valence-electron chi connectivity index (χ0n) is 15.8. The number of fused-ring (bicyclic) bond motifs is 1. The second kappa shape index (κ2) is 7.36. The molecule has 4 aromatic rings. The van der Waals surface area contributed by atoms with Crippen LogP contribution < -0.4 is 9.88 Å². The third kappa shape index (κ3) is 3.31. The highest BCUT2D eigenvalue weighted by Gasteiger charge is 2.37. The number of hydrogen-bond acceptors (Lipinski definition) is 2. The van der Waals surface area contributed by atoms with E-state index in [0.29, 0.717) is 5.56 Å². The highest BCUT2D eigenvalue weighted by molar-refractivity contribution is 5.94. The summed E-state index contributed by atoms with van der Waals surface area (Å²) in [5, 5.41) is 7.78. The number of amides is 1. The zero-order valence-corrected chi connectivity index (χ0v) is 15.8. The summed E-state index contributed by atoms with van der Waals surface area (Å²) in [5.74, 6) is -0.0617. The first-order valence-electron chi connectivity index (χ1n) is 9.74. The first-order chi connectivity index (χ1) is 14.3. The summed E-state index contributed by atoms with van der Waals surface area (Å²) in [6, 6.07) is 27.7. The molecule has 0 aliphatic heterocycles. The lowest BCUT2D eigenvalue weighted by Gasteiger charge is -2.20. The van der Waals surface area contributed by atoms with E-state index in [4.69, 9.17) is 0 Å². The fourth-order valence-electron chi connectivity index (χ4n) is 4.03. The van der Waals surface area contributed by atoms with E-state index in [2.05, 4.69) is 33.2 Å². The Morgan fingerprint density at radius 3 is 2.41 bits per heavy atom. The average Bonchev–Trinajstić information content (AvgIpc) is 3.40. The van der Waals surface area contributed by atoms with Crippen LogP contribution in [0.1, 0.15) is 33.6 Å². The van der Waals surface area contributed by atoms with Crippen molar-refractivity contribution in [1.29, 1.82) is 0 Å². The summed E-state index contributed by atoms with van der Waals surface area (Å²) in [7, 11) is 0. The van der Waals surface area contributed by atoms with Crippen LogP contribution in [0.5, 0.6) is 0 Å². The molecule has 0 spiro atoms. The van der Waals surface area contributed by atoms with Crippen molar-refractivity contribution in [2.45, 2.75) is 18.5 Å². The van der Waals surface area contributed by atoms with Gasteiger partial charge in [-0.25, -0.2) is 4.57 Å². The number of carbonyl (C=O) groups excluding carboxylic acids is 1. The molecule has 1 amide bonds. The van der Waals surface area contributed by atoms with Crippen LogP contribution >= 0.6 is 0 Å². The van der Waals surface area contributed by atoms with Crippen molar-refractivity contribution in [3.05, 3.63) is 114 Å². The lowest BCUT2D eigenvalue weighted by molar-refractivity contribution is -0.725. The summed E-state index contributed by atoms with van der Waals surface area (Å²) >= 11 is 0. The van der Waals surface area contributed by atoms with Gasteiger partial charge in [0.15, 0.2) is 0 Å². The third-order valence-electron chi connectivity index (χ3n) is 5.48. The maximum atomic E-state index is 12.9. The SMILES string of the molecule is O=C(N[C@H]1c2ccccc2C[C@@H]1[n+]1cnn(-c2ccccc2)c1)c1ccccc1. The normalized spacial score (nSPS) is 17.7. The molecule has 0 saturated heterocycles. The van der Waals surface area contributed by atoms with E-state index in [0.717, 1.165) is 12.1 Å². The summed E-state index contributed by atoms with van der Waals surface area (Å²) in [6.45, 7) is 0. The molecule has 29 heavy (non-hydrogen) atoms. The zero-order chi connectivity index (χ0) is 19.6. The molecular formula is C24H21N4O+. The lowest BCUT2D eigenvalue weighted by Crippen LogP contribution is -2.45. The highest BCUT2D eigenvalue weighted by atomic mass is 16.1. The number of hydrogen-bond donors (Lipinski definition) is 1. The Hall–Kier alpha value is -3.73. The molecule has 0 radical (unpaired) electrons. The molecule has 5 rings (SSSR count). The average molecular weight is 381 g/mol. The minimum atomic E-state index is -0.114. The second-order valence-electron chi connectivity index (χ2n) is 7.26. The van der Waals surface area contributed by atoms with Crippen LogP contribution in [-0.2, 0) is 6.42 Å². The van der Waals surface area contributed by atoms with E-state index in [1.54, 1.807) is 0 Å². The van der Waals surface area contributed by atoms with Crippen LogP contribution in [0.25, 0.3) is 5.69 Å². The van der Waals surface area contributed by atoms with Crippen molar-refractivity contribution in [2.75, 3.05) is 0 Å². The van der Waals surface area contributed by atoms with Gasteiger partial charge in [0.25, 0.3) is 12.2 Å². The molecule has 0 fully saturated rings. The van der Waals surface area contributed by atoms with Crippen molar-refractivity contribution in [1.82, 2.24) is 15.1 Å². The van der Waals surface area contributed by atoms with Gasteiger partial charge in [0.1, 0.15) is 11.7 Å².